The van der Waals surface area contributed by atoms with Gasteiger partial charge in [-0.15, -0.1) is 0 Å². The fourth-order valence-electron chi connectivity index (χ4n) is 4.46. The zero-order valence-corrected chi connectivity index (χ0v) is 22.7. The number of halogens is 2. The molecule has 8 nitrogen and oxygen atoms in total. The summed E-state index contributed by atoms with van der Waals surface area (Å²) in [6.45, 7) is 7.74. The molecule has 0 radical (unpaired) electrons. The summed E-state index contributed by atoms with van der Waals surface area (Å²) >= 11 is 2.46. The average Bonchev–Trinajstić information content (AvgIpc) is 3.40. The van der Waals surface area contributed by atoms with E-state index in [4.69, 9.17) is 0 Å². The van der Waals surface area contributed by atoms with E-state index in [1.165, 1.54) is 18.5 Å². The van der Waals surface area contributed by atoms with E-state index in [1.807, 2.05) is 13.8 Å². The lowest BCUT2D eigenvalue weighted by molar-refractivity contribution is 0.102. The maximum Gasteiger partial charge on any atom is 0.258 e. The van der Waals surface area contributed by atoms with Crippen molar-refractivity contribution in [3.05, 3.63) is 60.2 Å². The molecule has 1 saturated heterocycles. The van der Waals surface area contributed by atoms with Crippen molar-refractivity contribution < 1.29 is 9.18 Å². The third kappa shape index (κ3) is 4.65. The van der Waals surface area contributed by atoms with Crippen molar-refractivity contribution in [1.82, 2.24) is 24.7 Å². The standard InChI is InChI=1S/C26H27FIN7O/c1-15(2)23-30-11-17(12-31-23)25(36)33-22-18(5-7-29-24(22)35-8-6-26(3,28)14-35)19-9-16-13-32-34(4)21(16)10-20(19)27/h5,7,9-13,15H,6,8,14H2,1-4H3,(H,33,36). The Kier molecular flexibility index (Phi) is 6.39. The van der Waals surface area contributed by atoms with E-state index in [9.17, 15) is 4.79 Å². The summed E-state index contributed by atoms with van der Waals surface area (Å²) in [4.78, 5) is 28.7. The highest BCUT2D eigenvalue weighted by molar-refractivity contribution is 14.1. The van der Waals surface area contributed by atoms with Crippen LogP contribution in [0.15, 0.2) is 43.0 Å². The first kappa shape index (κ1) is 24.5. The fraction of sp³-hybridized carbons (Fsp3) is 0.346. The number of hydrogen-bond acceptors (Lipinski definition) is 6. The molecule has 3 aromatic heterocycles. The molecule has 0 aliphatic carbocycles. The van der Waals surface area contributed by atoms with E-state index in [1.54, 1.807) is 36.3 Å². The summed E-state index contributed by atoms with van der Waals surface area (Å²) in [6.07, 6.45) is 7.39. The van der Waals surface area contributed by atoms with Gasteiger partial charge in [0.25, 0.3) is 5.91 Å². The number of fused-ring (bicyclic) bond motifs is 1. The number of hydrogen-bond donors (Lipinski definition) is 1. The van der Waals surface area contributed by atoms with Crippen LogP contribution in [-0.4, -0.2) is 47.2 Å². The van der Waals surface area contributed by atoms with Crippen LogP contribution >= 0.6 is 22.6 Å². The van der Waals surface area contributed by atoms with Crippen LogP contribution in [0.1, 0.15) is 49.3 Å². The summed E-state index contributed by atoms with van der Waals surface area (Å²) in [7, 11) is 1.78. The van der Waals surface area contributed by atoms with Gasteiger partial charge in [-0.3, -0.25) is 9.48 Å². The molecule has 1 unspecified atom stereocenters. The van der Waals surface area contributed by atoms with Crippen LogP contribution < -0.4 is 10.2 Å². The second kappa shape index (κ2) is 9.38. The first-order chi connectivity index (χ1) is 17.1. The highest BCUT2D eigenvalue weighted by Crippen LogP contribution is 2.41. The molecule has 1 N–H and O–H groups in total. The van der Waals surface area contributed by atoms with Crippen molar-refractivity contribution >= 4 is 50.9 Å². The normalized spacial score (nSPS) is 17.8. The van der Waals surface area contributed by atoms with Gasteiger partial charge in [-0.1, -0.05) is 36.4 Å². The van der Waals surface area contributed by atoms with Crippen LogP contribution in [-0.2, 0) is 7.05 Å². The molecule has 186 valence electrons. The molecule has 0 spiro atoms. The number of anilines is 2. The number of nitrogens with one attached hydrogen (secondary N) is 1. The monoisotopic (exact) mass is 599 g/mol. The zero-order chi connectivity index (χ0) is 25.6. The molecular formula is C26H27FIN7O. The molecule has 0 saturated carbocycles. The van der Waals surface area contributed by atoms with Crippen LogP contribution in [0.25, 0.3) is 22.0 Å². The Morgan fingerprint density at radius 1 is 1.17 bits per heavy atom. The van der Waals surface area contributed by atoms with Crippen LogP contribution in [0.4, 0.5) is 15.9 Å². The summed E-state index contributed by atoms with van der Waals surface area (Å²) in [5.41, 5.74) is 2.41. The summed E-state index contributed by atoms with van der Waals surface area (Å²) in [6, 6.07) is 4.97. The van der Waals surface area contributed by atoms with Crippen molar-refractivity contribution in [2.75, 3.05) is 23.3 Å². The fourth-order valence-corrected chi connectivity index (χ4v) is 5.12. The van der Waals surface area contributed by atoms with E-state index in [0.717, 1.165) is 24.9 Å². The van der Waals surface area contributed by atoms with Gasteiger partial charge in [0, 0.05) is 70.6 Å². The minimum Gasteiger partial charge on any atom is -0.354 e. The minimum absolute atomic E-state index is 0.0805. The van der Waals surface area contributed by atoms with E-state index in [2.05, 4.69) is 59.8 Å². The Hall–Kier alpha value is -3.15. The van der Waals surface area contributed by atoms with Gasteiger partial charge < -0.3 is 10.2 Å². The van der Waals surface area contributed by atoms with Crippen molar-refractivity contribution in [3.63, 3.8) is 0 Å². The van der Waals surface area contributed by atoms with Crippen molar-refractivity contribution in [1.29, 1.82) is 0 Å². The Morgan fingerprint density at radius 2 is 1.92 bits per heavy atom. The van der Waals surface area contributed by atoms with E-state index >= 15 is 4.39 Å². The Balaban J connectivity index is 1.61. The summed E-state index contributed by atoms with van der Waals surface area (Å²) < 4.78 is 17.2. The molecule has 1 atom stereocenters. The minimum atomic E-state index is -0.400. The molecule has 1 aromatic carbocycles. The number of aryl methyl sites for hydroxylation is 1. The van der Waals surface area contributed by atoms with Crippen molar-refractivity contribution in [2.24, 2.45) is 7.05 Å². The van der Waals surface area contributed by atoms with E-state index in [0.29, 0.717) is 39.5 Å². The number of benzene rings is 1. The molecular weight excluding hydrogens is 572 g/mol. The SMILES string of the molecule is CC(C)c1ncc(C(=O)Nc2c(-c3cc4cnn(C)c4cc3F)ccnc2N2CCC(C)(I)C2)cn1. The lowest BCUT2D eigenvalue weighted by atomic mass is 10.0. The van der Waals surface area contributed by atoms with E-state index < -0.39 is 5.82 Å². The Labute approximate surface area is 222 Å². The van der Waals surface area contributed by atoms with Gasteiger partial charge >= 0.3 is 0 Å². The number of pyridine rings is 1. The van der Waals surface area contributed by atoms with Gasteiger partial charge in [0.2, 0.25) is 0 Å². The highest BCUT2D eigenvalue weighted by Gasteiger charge is 2.34. The lowest BCUT2D eigenvalue weighted by Gasteiger charge is -2.24. The number of aromatic nitrogens is 5. The topological polar surface area (TPSA) is 88.8 Å². The molecule has 4 heterocycles. The molecule has 4 aromatic rings. The summed E-state index contributed by atoms with van der Waals surface area (Å²) in [5, 5.41) is 8.07. The zero-order valence-electron chi connectivity index (χ0n) is 20.6. The van der Waals surface area contributed by atoms with Crippen LogP contribution in [0, 0.1) is 5.82 Å². The average molecular weight is 599 g/mol. The maximum atomic E-state index is 15.4. The second-order valence-corrected chi connectivity index (χ2v) is 12.3. The molecule has 1 aliphatic heterocycles. The van der Waals surface area contributed by atoms with Crippen LogP contribution in [0.3, 0.4) is 0 Å². The van der Waals surface area contributed by atoms with Crippen LogP contribution in [0.2, 0.25) is 0 Å². The number of nitrogens with zero attached hydrogens (tertiary/aromatic N) is 6. The number of alkyl halides is 1. The number of carbonyl (C=O) groups excluding carboxylic acids is 1. The largest absolute Gasteiger partial charge is 0.354 e. The van der Waals surface area contributed by atoms with Gasteiger partial charge in [-0.05, 0) is 25.5 Å². The number of rotatable bonds is 5. The first-order valence-corrected chi connectivity index (χ1v) is 12.9. The number of amides is 1. The third-order valence-corrected chi connectivity index (χ3v) is 7.35. The Morgan fingerprint density at radius 3 is 2.58 bits per heavy atom. The van der Waals surface area contributed by atoms with Gasteiger partial charge in [-0.2, -0.15) is 5.10 Å². The quantitative estimate of drug-likeness (QED) is 0.246. The molecule has 1 amide bonds. The molecule has 0 bridgehead atoms. The smallest absolute Gasteiger partial charge is 0.258 e. The number of carbonyl (C=O) groups is 1. The highest BCUT2D eigenvalue weighted by atomic mass is 127. The maximum absolute atomic E-state index is 15.4. The van der Waals surface area contributed by atoms with Gasteiger partial charge in [0.05, 0.1) is 23.0 Å². The molecule has 10 heteroatoms. The second-order valence-electron chi connectivity index (χ2n) is 9.74. The molecule has 1 fully saturated rings. The van der Waals surface area contributed by atoms with E-state index in [-0.39, 0.29) is 15.2 Å². The third-order valence-electron chi connectivity index (χ3n) is 6.47. The molecule has 1 aliphatic rings. The predicted octanol–water partition coefficient (Wildman–Crippen LogP) is 5.34. The lowest BCUT2D eigenvalue weighted by Crippen LogP contribution is -2.27. The first-order valence-electron chi connectivity index (χ1n) is 11.8. The van der Waals surface area contributed by atoms with Gasteiger partial charge in [0.1, 0.15) is 11.6 Å². The van der Waals surface area contributed by atoms with Gasteiger partial charge in [0.15, 0.2) is 5.82 Å². The van der Waals surface area contributed by atoms with Crippen molar-refractivity contribution in [3.8, 4) is 11.1 Å². The van der Waals surface area contributed by atoms with Gasteiger partial charge in [-0.25, -0.2) is 19.3 Å². The Bertz CT molecular complexity index is 1450. The van der Waals surface area contributed by atoms with Crippen LogP contribution in [0.5, 0.6) is 0 Å². The molecule has 36 heavy (non-hydrogen) atoms. The van der Waals surface area contributed by atoms with Crippen molar-refractivity contribution in [2.45, 2.75) is 36.5 Å². The predicted molar refractivity (Wildman–Crippen MR) is 147 cm³/mol. The molecule has 5 rings (SSSR count). The summed E-state index contributed by atoms with van der Waals surface area (Å²) in [5.74, 6) is 0.663.